The number of nitrogens with two attached hydrogens (primary N) is 1. The molecular weight excluding hydrogens is 241 g/mol. The predicted octanol–water partition coefficient (Wildman–Crippen LogP) is 2.85. The summed E-state index contributed by atoms with van der Waals surface area (Å²) in [6, 6.07) is 6.61. The van der Waals surface area contributed by atoms with Crippen molar-refractivity contribution in [1.82, 2.24) is 5.32 Å². The second-order valence-corrected chi connectivity index (χ2v) is 4.63. The van der Waals surface area contributed by atoms with Gasteiger partial charge in [-0.25, -0.2) is 4.39 Å². The summed E-state index contributed by atoms with van der Waals surface area (Å²) in [7, 11) is 0. The van der Waals surface area contributed by atoms with Crippen LogP contribution in [0.5, 0.6) is 0 Å². The zero-order valence-corrected chi connectivity index (χ0v) is 11.7. The highest BCUT2D eigenvalue weighted by molar-refractivity contribution is 5.77. The molecule has 0 aliphatic heterocycles. The van der Waals surface area contributed by atoms with E-state index in [1.54, 1.807) is 12.1 Å². The lowest BCUT2D eigenvalue weighted by atomic mass is 10.1. The van der Waals surface area contributed by atoms with E-state index in [9.17, 15) is 4.39 Å². The second-order valence-electron chi connectivity index (χ2n) is 4.63. The Morgan fingerprint density at radius 3 is 2.89 bits per heavy atom. The molecule has 3 N–H and O–H groups in total. The largest absolute Gasteiger partial charge is 0.370 e. The van der Waals surface area contributed by atoms with Crippen LogP contribution in [0.4, 0.5) is 4.39 Å². The van der Waals surface area contributed by atoms with Gasteiger partial charge in [-0.3, -0.25) is 4.99 Å². The molecule has 0 saturated carbocycles. The maximum atomic E-state index is 13.0. The van der Waals surface area contributed by atoms with E-state index in [0.717, 1.165) is 24.9 Å². The van der Waals surface area contributed by atoms with Gasteiger partial charge in [0.05, 0.1) is 0 Å². The van der Waals surface area contributed by atoms with E-state index in [1.165, 1.54) is 25.3 Å². The van der Waals surface area contributed by atoms with Crippen molar-refractivity contribution in [3.63, 3.8) is 0 Å². The monoisotopic (exact) mass is 265 g/mol. The lowest BCUT2D eigenvalue weighted by Gasteiger charge is -2.06. The molecule has 0 atom stereocenters. The summed E-state index contributed by atoms with van der Waals surface area (Å²) in [5, 5.41) is 3.05. The van der Waals surface area contributed by atoms with Gasteiger partial charge in [-0.2, -0.15) is 0 Å². The molecule has 0 heterocycles. The van der Waals surface area contributed by atoms with Gasteiger partial charge in [0.25, 0.3) is 0 Å². The first-order valence-corrected chi connectivity index (χ1v) is 7.00. The zero-order chi connectivity index (χ0) is 13.9. The molecule has 0 aliphatic rings. The highest BCUT2D eigenvalue weighted by Gasteiger charge is 1.96. The molecule has 0 aliphatic carbocycles. The minimum atomic E-state index is -0.199. The smallest absolute Gasteiger partial charge is 0.188 e. The molecule has 1 aromatic rings. The topological polar surface area (TPSA) is 50.4 Å². The molecular formula is C15H24FN3. The van der Waals surface area contributed by atoms with Crippen molar-refractivity contribution in [2.24, 2.45) is 10.7 Å². The number of nitrogens with one attached hydrogen (secondary N) is 1. The van der Waals surface area contributed by atoms with Gasteiger partial charge < -0.3 is 11.1 Å². The first-order chi connectivity index (χ1) is 9.22. The molecule has 1 aromatic carbocycles. The third kappa shape index (κ3) is 7.44. The Kier molecular flexibility index (Phi) is 7.63. The molecule has 0 radical (unpaired) electrons. The van der Waals surface area contributed by atoms with Crippen molar-refractivity contribution in [1.29, 1.82) is 0 Å². The predicted molar refractivity (Wildman–Crippen MR) is 78.7 cm³/mol. The molecule has 0 spiro atoms. The minimum absolute atomic E-state index is 0.199. The number of halogens is 1. The molecule has 4 heteroatoms. The lowest BCUT2D eigenvalue weighted by molar-refractivity contribution is 0.625. The maximum absolute atomic E-state index is 13.0. The molecule has 0 unspecified atom stereocenters. The summed E-state index contributed by atoms with van der Waals surface area (Å²) >= 11 is 0. The van der Waals surface area contributed by atoms with Crippen LogP contribution in [-0.4, -0.2) is 19.0 Å². The average Bonchev–Trinajstić information content (AvgIpc) is 2.38. The lowest BCUT2D eigenvalue weighted by Crippen LogP contribution is -2.33. The summed E-state index contributed by atoms with van der Waals surface area (Å²) in [5.74, 6) is 0.281. The SMILES string of the molecule is CCCCCCN=C(N)NCCc1cccc(F)c1. The minimum Gasteiger partial charge on any atom is -0.370 e. The number of aliphatic imine (C=N–C) groups is 1. The van der Waals surface area contributed by atoms with Crippen LogP contribution in [0.25, 0.3) is 0 Å². The van der Waals surface area contributed by atoms with Gasteiger partial charge in [0.1, 0.15) is 5.82 Å². The van der Waals surface area contributed by atoms with Gasteiger partial charge in [0, 0.05) is 13.1 Å². The summed E-state index contributed by atoms with van der Waals surface area (Å²) in [6.07, 6.45) is 5.51. The first-order valence-electron chi connectivity index (χ1n) is 7.00. The van der Waals surface area contributed by atoms with E-state index >= 15 is 0 Å². The molecule has 0 aromatic heterocycles. The molecule has 0 bridgehead atoms. The Bertz CT molecular complexity index is 391. The molecule has 1 rings (SSSR count). The summed E-state index contributed by atoms with van der Waals surface area (Å²) in [5.41, 5.74) is 6.71. The van der Waals surface area contributed by atoms with E-state index in [1.807, 2.05) is 6.07 Å². The number of unbranched alkanes of at least 4 members (excludes halogenated alkanes) is 3. The van der Waals surface area contributed by atoms with Gasteiger partial charge >= 0.3 is 0 Å². The zero-order valence-electron chi connectivity index (χ0n) is 11.7. The maximum Gasteiger partial charge on any atom is 0.188 e. The molecule has 0 fully saturated rings. The van der Waals surface area contributed by atoms with Crippen molar-refractivity contribution >= 4 is 5.96 Å². The van der Waals surface area contributed by atoms with Gasteiger partial charge in [0.2, 0.25) is 0 Å². The van der Waals surface area contributed by atoms with E-state index in [4.69, 9.17) is 5.73 Å². The molecule has 106 valence electrons. The van der Waals surface area contributed by atoms with Crippen LogP contribution in [0.1, 0.15) is 38.2 Å². The fraction of sp³-hybridized carbons (Fsp3) is 0.533. The third-order valence-electron chi connectivity index (χ3n) is 2.90. The molecule has 0 amide bonds. The normalized spacial score (nSPS) is 11.6. The standard InChI is InChI=1S/C15H24FN3/c1-2-3-4-5-10-18-15(17)19-11-9-13-7-6-8-14(16)12-13/h6-8,12H,2-5,9-11H2,1H3,(H3,17,18,19). The number of hydrogen-bond donors (Lipinski definition) is 2. The van der Waals surface area contributed by atoms with Crippen LogP contribution in [0.2, 0.25) is 0 Å². The van der Waals surface area contributed by atoms with Gasteiger partial charge in [-0.1, -0.05) is 38.3 Å². The van der Waals surface area contributed by atoms with Crippen LogP contribution in [0, 0.1) is 5.82 Å². The summed E-state index contributed by atoms with van der Waals surface area (Å²) in [4.78, 5) is 4.25. The van der Waals surface area contributed by atoms with Gasteiger partial charge in [-0.15, -0.1) is 0 Å². The van der Waals surface area contributed by atoms with Crippen LogP contribution in [-0.2, 0) is 6.42 Å². The van der Waals surface area contributed by atoms with Crippen LogP contribution in [0.15, 0.2) is 29.3 Å². The fourth-order valence-electron chi connectivity index (χ4n) is 1.82. The number of guanidine groups is 1. The average molecular weight is 265 g/mol. The number of benzene rings is 1. The summed E-state index contributed by atoms with van der Waals surface area (Å²) in [6.45, 7) is 3.64. The molecule has 0 saturated heterocycles. The Morgan fingerprint density at radius 1 is 1.32 bits per heavy atom. The molecule has 3 nitrogen and oxygen atoms in total. The Labute approximate surface area is 115 Å². The van der Waals surface area contributed by atoms with E-state index in [2.05, 4.69) is 17.2 Å². The highest BCUT2D eigenvalue weighted by atomic mass is 19.1. The second kappa shape index (κ2) is 9.36. The van der Waals surface area contributed by atoms with Crippen molar-refractivity contribution in [2.75, 3.05) is 13.1 Å². The Morgan fingerprint density at radius 2 is 2.16 bits per heavy atom. The van der Waals surface area contributed by atoms with E-state index < -0.39 is 0 Å². The number of rotatable bonds is 8. The van der Waals surface area contributed by atoms with E-state index in [-0.39, 0.29) is 5.82 Å². The number of hydrogen-bond acceptors (Lipinski definition) is 1. The van der Waals surface area contributed by atoms with Crippen LogP contribution >= 0.6 is 0 Å². The Hall–Kier alpha value is -1.58. The summed E-state index contributed by atoms with van der Waals surface area (Å²) < 4.78 is 13.0. The first kappa shape index (κ1) is 15.5. The highest BCUT2D eigenvalue weighted by Crippen LogP contribution is 2.03. The van der Waals surface area contributed by atoms with Crippen molar-refractivity contribution in [3.05, 3.63) is 35.6 Å². The number of nitrogens with zero attached hydrogens (tertiary/aromatic N) is 1. The van der Waals surface area contributed by atoms with Crippen LogP contribution in [0.3, 0.4) is 0 Å². The van der Waals surface area contributed by atoms with E-state index in [0.29, 0.717) is 12.5 Å². The van der Waals surface area contributed by atoms with Gasteiger partial charge in [0.15, 0.2) is 5.96 Å². The van der Waals surface area contributed by atoms with Gasteiger partial charge in [-0.05, 0) is 30.5 Å². The van der Waals surface area contributed by atoms with Crippen molar-refractivity contribution in [2.45, 2.75) is 39.0 Å². The van der Waals surface area contributed by atoms with Crippen molar-refractivity contribution < 1.29 is 4.39 Å². The fourth-order valence-corrected chi connectivity index (χ4v) is 1.82. The molecule has 19 heavy (non-hydrogen) atoms. The van der Waals surface area contributed by atoms with Crippen LogP contribution < -0.4 is 11.1 Å². The quantitative estimate of drug-likeness (QED) is 0.431. The Balaban J connectivity index is 2.16. The van der Waals surface area contributed by atoms with Crippen molar-refractivity contribution in [3.8, 4) is 0 Å². The third-order valence-corrected chi connectivity index (χ3v) is 2.90.